The highest BCUT2D eigenvalue weighted by atomic mass is 16.5. The molecular formula is C20H21NO2. The lowest BCUT2D eigenvalue weighted by Gasteiger charge is -2.25. The standard InChI is InChI=1S/C20H21NO2/c1-15-6-8-16(9-7-15)10-11-20(22)21-13-17-12-18-4-2-3-5-19(18)23-14-17/h2-11,17H,12-14H2,1H3,(H,21,22)/b11-10+. The second-order valence-corrected chi connectivity index (χ2v) is 5.98. The number of para-hydroxylation sites is 1. The highest BCUT2D eigenvalue weighted by Gasteiger charge is 2.19. The van der Waals surface area contributed by atoms with E-state index >= 15 is 0 Å². The minimum Gasteiger partial charge on any atom is -0.493 e. The molecule has 1 amide bonds. The molecule has 1 aliphatic heterocycles. The Hall–Kier alpha value is -2.55. The van der Waals surface area contributed by atoms with Crippen LogP contribution in [0.1, 0.15) is 16.7 Å². The molecule has 23 heavy (non-hydrogen) atoms. The first-order valence-electron chi connectivity index (χ1n) is 7.94. The quantitative estimate of drug-likeness (QED) is 0.880. The Morgan fingerprint density at radius 1 is 1.22 bits per heavy atom. The first-order chi connectivity index (χ1) is 11.2. The molecule has 118 valence electrons. The normalized spacial score (nSPS) is 16.7. The summed E-state index contributed by atoms with van der Waals surface area (Å²) in [7, 11) is 0. The topological polar surface area (TPSA) is 38.3 Å². The molecule has 0 bridgehead atoms. The highest BCUT2D eigenvalue weighted by Crippen LogP contribution is 2.26. The van der Waals surface area contributed by atoms with Crippen LogP contribution in [0.15, 0.2) is 54.6 Å². The van der Waals surface area contributed by atoms with Crippen molar-refractivity contribution in [2.45, 2.75) is 13.3 Å². The SMILES string of the molecule is Cc1ccc(/C=C/C(=O)NCC2COc3ccccc3C2)cc1. The van der Waals surface area contributed by atoms with Gasteiger partial charge in [0, 0.05) is 18.5 Å². The fraction of sp³-hybridized carbons (Fsp3) is 0.250. The van der Waals surface area contributed by atoms with Gasteiger partial charge in [0.05, 0.1) is 6.61 Å². The summed E-state index contributed by atoms with van der Waals surface area (Å²) in [6, 6.07) is 16.2. The van der Waals surface area contributed by atoms with Gasteiger partial charge in [-0.2, -0.15) is 0 Å². The molecular weight excluding hydrogens is 286 g/mol. The molecule has 3 rings (SSSR count). The van der Waals surface area contributed by atoms with Crippen LogP contribution in [-0.2, 0) is 11.2 Å². The molecule has 0 spiro atoms. The maximum atomic E-state index is 11.9. The lowest BCUT2D eigenvalue weighted by molar-refractivity contribution is -0.116. The maximum absolute atomic E-state index is 11.9. The third-order valence-electron chi connectivity index (χ3n) is 4.03. The van der Waals surface area contributed by atoms with Gasteiger partial charge in [-0.3, -0.25) is 4.79 Å². The molecule has 1 N–H and O–H groups in total. The second-order valence-electron chi connectivity index (χ2n) is 5.98. The minimum absolute atomic E-state index is 0.0653. The fourth-order valence-electron chi connectivity index (χ4n) is 2.68. The summed E-state index contributed by atoms with van der Waals surface area (Å²) in [5, 5.41) is 2.96. The van der Waals surface area contributed by atoms with E-state index in [-0.39, 0.29) is 5.91 Å². The van der Waals surface area contributed by atoms with Crippen molar-refractivity contribution in [1.82, 2.24) is 5.32 Å². The fourth-order valence-corrected chi connectivity index (χ4v) is 2.68. The van der Waals surface area contributed by atoms with Gasteiger partial charge in [-0.05, 0) is 36.6 Å². The molecule has 0 saturated heterocycles. The van der Waals surface area contributed by atoms with Gasteiger partial charge in [-0.1, -0.05) is 48.0 Å². The largest absolute Gasteiger partial charge is 0.493 e. The van der Waals surface area contributed by atoms with Gasteiger partial charge >= 0.3 is 0 Å². The van der Waals surface area contributed by atoms with Crippen LogP contribution in [-0.4, -0.2) is 19.1 Å². The lowest BCUT2D eigenvalue weighted by Crippen LogP contribution is -2.33. The Balaban J connectivity index is 1.49. The number of benzene rings is 2. The molecule has 1 atom stereocenters. The van der Waals surface area contributed by atoms with E-state index in [0.29, 0.717) is 19.1 Å². The van der Waals surface area contributed by atoms with Crippen LogP contribution >= 0.6 is 0 Å². The van der Waals surface area contributed by atoms with E-state index in [9.17, 15) is 4.79 Å². The molecule has 0 radical (unpaired) electrons. The number of fused-ring (bicyclic) bond motifs is 1. The van der Waals surface area contributed by atoms with Gasteiger partial charge in [0.15, 0.2) is 0 Å². The third-order valence-corrected chi connectivity index (χ3v) is 4.03. The van der Waals surface area contributed by atoms with E-state index in [1.54, 1.807) is 6.08 Å². The summed E-state index contributed by atoms with van der Waals surface area (Å²) in [5.74, 6) is 1.22. The van der Waals surface area contributed by atoms with Gasteiger partial charge < -0.3 is 10.1 Å². The van der Waals surface area contributed by atoms with Gasteiger partial charge in [-0.15, -0.1) is 0 Å². The molecule has 2 aromatic rings. The Morgan fingerprint density at radius 3 is 2.83 bits per heavy atom. The zero-order chi connectivity index (χ0) is 16.1. The molecule has 0 aliphatic carbocycles. The number of rotatable bonds is 4. The zero-order valence-electron chi connectivity index (χ0n) is 13.3. The monoisotopic (exact) mass is 307 g/mol. The average Bonchev–Trinajstić information content (AvgIpc) is 2.59. The van der Waals surface area contributed by atoms with Crippen molar-refractivity contribution >= 4 is 12.0 Å². The van der Waals surface area contributed by atoms with Crippen LogP contribution in [0.4, 0.5) is 0 Å². The van der Waals surface area contributed by atoms with Gasteiger partial charge in [-0.25, -0.2) is 0 Å². The molecule has 3 heteroatoms. The van der Waals surface area contributed by atoms with Crippen LogP contribution in [0, 0.1) is 12.8 Å². The molecule has 1 unspecified atom stereocenters. The third kappa shape index (κ3) is 4.22. The molecule has 0 aromatic heterocycles. The van der Waals surface area contributed by atoms with E-state index in [4.69, 9.17) is 4.74 Å². The Kier molecular flexibility index (Phi) is 4.77. The van der Waals surface area contributed by atoms with E-state index in [2.05, 4.69) is 11.4 Å². The van der Waals surface area contributed by atoms with Crippen molar-refractivity contribution in [1.29, 1.82) is 0 Å². The minimum atomic E-state index is -0.0653. The van der Waals surface area contributed by atoms with Gasteiger partial charge in [0.25, 0.3) is 0 Å². The first-order valence-corrected chi connectivity index (χ1v) is 7.94. The summed E-state index contributed by atoms with van der Waals surface area (Å²) >= 11 is 0. The maximum Gasteiger partial charge on any atom is 0.244 e. The second kappa shape index (κ2) is 7.14. The smallest absolute Gasteiger partial charge is 0.244 e. The Morgan fingerprint density at radius 2 is 2.00 bits per heavy atom. The van der Waals surface area contributed by atoms with Gasteiger partial charge in [0.1, 0.15) is 5.75 Å². The van der Waals surface area contributed by atoms with Crippen LogP contribution in [0.25, 0.3) is 6.08 Å². The number of carbonyl (C=O) groups excluding carboxylic acids is 1. The number of ether oxygens (including phenoxy) is 1. The van der Waals surface area contributed by atoms with E-state index < -0.39 is 0 Å². The van der Waals surface area contributed by atoms with Crippen molar-refractivity contribution in [3.8, 4) is 5.75 Å². The van der Waals surface area contributed by atoms with E-state index in [1.165, 1.54) is 11.1 Å². The summed E-state index contributed by atoms with van der Waals surface area (Å²) in [4.78, 5) is 11.9. The number of carbonyl (C=O) groups is 1. The highest BCUT2D eigenvalue weighted by molar-refractivity contribution is 5.91. The molecule has 2 aromatic carbocycles. The number of amides is 1. The van der Waals surface area contributed by atoms with Crippen molar-refractivity contribution in [3.63, 3.8) is 0 Å². The lowest BCUT2D eigenvalue weighted by atomic mass is 9.97. The molecule has 1 heterocycles. The number of aryl methyl sites for hydroxylation is 1. The summed E-state index contributed by atoms with van der Waals surface area (Å²) in [5.41, 5.74) is 3.46. The zero-order valence-corrected chi connectivity index (χ0v) is 13.3. The number of nitrogens with one attached hydrogen (secondary N) is 1. The van der Waals surface area contributed by atoms with E-state index in [0.717, 1.165) is 17.7 Å². The van der Waals surface area contributed by atoms with Crippen molar-refractivity contribution < 1.29 is 9.53 Å². The predicted octanol–water partition coefficient (Wildman–Crippen LogP) is 3.38. The molecule has 0 fully saturated rings. The van der Waals surface area contributed by atoms with Gasteiger partial charge in [0.2, 0.25) is 5.91 Å². The Bertz CT molecular complexity index is 704. The Labute approximate surface area is 137 Å². The van der Waals surface area contributed by atoms with Crippen LogP contribution in [0.2, 0.25) is 0 Å². The summed E-state index contributed by atoms with van der Waals surface area (Å²) in [6.45, 7) is 3.33. The average molecular weight is 307 g/mol. The van der Waals surface area contributed by atoms with Crippen molar-refractivity contribution in [2.75, 3.05) is 13.2 Å². The van der Waals surface area contributed by atoms with E-state index in [1.807, 2.05) is 55.5 Å². The molecule has 3 nitrogen and oxygen atoms in total. The molecule has 1 aliphatic rings. The van der Waals surface area contributed by atoms with Crippen molar-refractivity contribution in [3.05, 3.63) is 71.3 Å². The van der Waals surface area contributed by atoms with Crippen LogP contribution in [0.5, 0.6) is 5.75 Å². The first kappa shape index (κ1) is 15.3. The van der Waals surface area contributed by atoms with Crippen LogP contribution in [0.3, 0.4) is 0 Å². The number of hydrogen-bond donors (Lipinski definition) is 1. The summed E-state index contributed by atoms with van der Waals surface area (Å²) < 4.78 is 5.74. The summed E-state index contributed by atoms with van der Waals surface area (Å²) in [6.07, 6.45) is 4.36. The number of hydrogen-bond acceptors (Lipinski definition) is 2. The predicted molar refractivity (Wildman–Crippen MR) is 92.4 cm³/mol. The molecule has 0 saturated carbocycles. The van der Waals surface area contributed by atoms with Crippen LogP contribution < -0.4 is 10.1 Å². The van der Waals surface area contributed by atoms with Crippen molar-refractivity contribution in [2.24, 2.45) is 5.92 Å².